The first-order chi connectivity index (χ1) is 10.3. The van der Waals surface area contributed by atoms with E-state index in [1.54, 1.807) is 6.20 Å². The van der Waals surface area contributed by atoms with Crippen LogP contribution < -0.4 is 10.1 Å². The molecule has 0 fully saturated rings. The molecule has 21 heavy (non-hydrogen) atoms. The fraction of sp³-hybridized carbons (Fsp3) is 0.467. The van der Waals surface area contributed by atoms with Gasteiger partial charge in [0, 0.05) is 12.2 Å². The second kappa shape index (κ2) is 8.59. The van der Waals surface area contributed by atoms with Crippen molar-refractivity contribution in [3.63, 3.8) is 0 Å². The van der Waals surface area contributed by atoms with E-state index in [1.165, 1.54) is 18.4 Å². The van der Waals surface area contributed by atoms with Gasteiger partial charge in [0.25, 0.3) is 0 Å². The van der Waals surface area contributed by atoms with Crippen LogP contribution in [0.3, 0.4) is 0 Å². The van der Waals surface area contributed by atoms with E-state index in [1.807, 2.05) is 12.1 Å². The fourth-order valence-corrected chi connectivity index (χ4v) is 2.23. The maximum absolute atomic E-state index is 9.85. The minimum absolute atomic E-state index is 0.201. The standard InChI is InChI=1S/C15H21N3O2S/c1-2-3-4-12-5-7-13(8-6-12)16-9-14(19)11-20-15-10-17-21-18-15/h5-8,10,14,16,19H,2-4,9,11H2,1H3. The van der Waals surface area contributed by atoms with E-state index in [0.29, 0.717) is 12.4 Å². The maximum Gasteiger partial charge on any atom is 0.245 e. The molecule has 1 heterocycles. The number of benzene rings is 1. The molecule has 0 radical (unpaired) electrons. The van der Waals surface area contributed by atoms with Crippen molar-refractivity contribution in [2.45, 2.75) is 32.3 Å². The zero-order valence-electron chi connectivity index (χ0n) is 12.2. The van der Waals surface area contributed by atoms with E-state index in [9.17, 15) is 5.11 Å². The highest BCUT2D eigenvalue weighted by Crippen LogP contribution is 2.12. The molecule has 5 nitrogen and oxygen atoms in total. The molecule has 1 unspecified atom stereocenters. The predicted octanol–water partition coefficient (Wildman–Crippen LogP) is 2.73. The highest BCUT2D eigenvalue weighted by atomic mass is 32.1. The number of hydrogen-bond acceptors (Lipinski definition) is 6. The quantitative estimate of drug-likeness (QED) is 0.745. The first-order valence-electron chi connectivity index (χ1n) is 7.19. The third-order valence-electron chi connectivity index (χ3n) is 3.08. The molecular weight excluding hydrogens is 286 g/mol. The molecule has 0 spiro atoms. The molecule has 2 aromatic rings. The van der Waals surface area contributed by atoms with Crippen LogP contribution in [0, 0.1) is 0 Å². The van der Waals surface area contributed by atoms with Crippen molar-refractivity contribution in [1.29, 1.82) is 0 Å². The third kappa shape index (κ3) is 5.69. The Hall–Kier alpha value is -1.66. The van der Waals surface area contributed by atoms with Crippen molar-refractivity contribution in [2.24, 2.45) is 0 Å². The number of nitrogens with zero attached hydrogens (tertiary/aromatic N) is 2. The molecule has 0 saturated carbocycles. The fourth-order valence-electron chi connectivity index (χ4n) is 1.87. The van der Waals surface area contributed by atoms with Crippen LogP contribution >= 0.6 is 11.7 Å². The Labute approximate surface area is 129 Å². The molecule has 0 aliphatic carbocycles. The number of unbranched alkanes of at least 4 members (excludes halogenated alkanes) is 1. The summed E-state index contributed by atoms with van der Waals surface area (Å²) in [4.78, 5) is 0. The average Bonchev–Trinajstić information content (AvgIpc) is 3.03. The number of aliphatic hydroxyl groups is 1. The summed E-state index contributed by atoms with van der Waals surface area (Å²) < 4.78 is 13.1. The van der Waals surface area contributed by atoms with Gasteiger partial charge in [-0.1, -0.05) is 25.5 Å². The third-order valence-corrected chi connectivity index (χ3v) is 3.54. The molecule has 0 amide bonds. The molecule has 1 aromatic carbocycles. The lowest BCUT2D eigenvalue weighted by Crippen LogP contribution is -2.26. The van der Waals surface area contributed by atoms with E-state index in [0.717, 1.165) is 23.8 Å². The highest BCUT2D eigenvalue weighted by Gasteiger charge is 2.06. The lowest BCUT2D eigenvalue weighted by Gasteiger charge is -2.13. The topological polar surface area (TPSA) is 67.3 Å². The minimum atomic E-state index is -0.591. The van der Waals surface area contributed by atoms with Crippen molar-refractivity contribution >= 4 is 17.4 Å². The summed E-state index contributed by atoms with van der Waals surface area (Å²) in [5.74, 6) is 0.458. The van der Waals surface area contributed by atoms with Crippen molar-refractivity contribution in [1.82, 2.24) is 8.75 Å². The molecule has 1 aromatic heterocycles. The highest BCUT2D eigenvalue weighted by molar-refractivity contribution is 6.99. The second-order valence-corrected chi connectivity index (χ2v) is 5.45. The van der Waals surface area contributed by atoms with E-state index >= 15 is 0 Å². The van der Waals surface area contributed by atoms with Crippen LogP contribution in [0.1, 0.15) is 25.3 Å². The van der Waals surface area contributed by atoms with Gasteiger partial charge >= 0.3 is 0 Å². The van der Waals surface area contributed by atoms with E-state index < -0.39 is 6.10 Å². The number of anilines is 1. The van der Waals surface area contributed by atoms with Crippen LogP contribution in [-0.2, 0) is 6.42 Å². The van der Waals surface area contributed by atoms with Crippen LogP contribution in [0.5, 0.6) is 5.88 Å². The molecule has 0 bridgehead atoms. The predicted molar refractivity (Wildman–Crippen MR) is 85.0 cm³/mol. The zero-order chi connectivity index (χ0) is 14.9. The van der Waals surface area contributed by atoms with Crippen molar-refractivity contribution in [3.05, 3.63) is 36.0 Å². The van der Waals surface area contributed by atoms with Crippen LogP contribution in [0.15, 0.2) is 30.5 Å². The molecule has 1 atom stereocenters. The van der Waals surface area contributed by atoms with Gasteiger partial charge in [0.2, 0.25) is 5.88 Å². The number of hydrogen-bond donors (Lipinski definition) is 2. The van der Waals surface area contributed by atoms with Gasteiger partial charge in [-0.25, -0.2) is 0 Å². The van der Waals surface area contributed by atoms with Crippen molar-refractivity contribution in [2.75, 3.05) is 18.5 Å². The summed E-state index contributed by atoms with van der Waals surface area (Å²) in [6, 6.07) is 8.34. The number of rotatable bonds is 9. The molecular formula is C15H21N3O2S. The van der Waals surface area contributed by atoms with Crippen LogP contribution in [0.25, 0.3) is 0 Å². The second-order valence-electron chi connectivity index (χ2n) is 4.89. The molecule has 0 aliphatic heterocycles. The number of nitrogens with one attached hydrogen (secondary N) is 1. The van der Waals surface area contributed by atoms with Crippen LogP contribution in [-0.4, -0.2) is 33.1 Å². The Kier molecular flexibility index (Phi) is 6.43. The lowest BCUT2D eigenvalue weighted by atomic mass is 10.1. The lowest BCUT2D eigenvalue weighted by molar-refractivity contribution is 0.115. The smallest absolute Gasteiger partial charge is 0.245 e. The Morgan fingerprint density at radius 1 is 1.33 bits per heavy atom. The molecule has 114 valence electrons. The van der Waals surface area contributed by atoms with E-state index in [-0.39, 0.29) is 6.61 Å². The zero-order valence-corrected chi connectivity index (χ0v) is 13.0. The average molecular weight is 307 g/mol. The molecule has 6 heteroatoms. The summed E-state index contributed by atoms with van der Waals surface area (Å²) in [6.07, 6.45) is 4.50. The van der Waals surface area contributed by atoms with Gasteiger partial charge < -0.3 is 15.2 Å². The Bertz CT molecular complexity index is 502. The number of aliphatic hydroxyl groups excluding tert-OH is 1. The Balaban J connectivity index is 1.69. The first-order valence-corrected chi connectivity index (χ1v) is 7.92. The Morgan fingerprint density at radius 2 is 2.14 bits per heavy atom. The van der Waals surface area contributed by atoms with Crippen molar-refractivity contribution in [3.8, 4) is 5.88 Å². The molecule has 2 rings (SSSR count). The molecule has 0 saturated heterocycles. The monoisotopic (exact) mass is 307 g/mol. The van der Waals surface area contributed by atoms with Gasteiger partial charge in [-0.3, -0.25) is 0 Å². The molecule has 0 aliphatic rings. The largest absolute Gasteiger partial charge is 0.473 e. The van der Waals surface area contributed by atoms with Gasteiger partial charge in [-0.15, -0.1) is 4.37 Å². The van der Waals surface area contributed by atoms with Crippen LogP contribution in [0.4, 0.5) is 5.69 Å². The van der Waals surface area contributed by atoms with Crippen LogP contribution in [0.2, 0.25) is 0 Å². The van der Waals surface area contributed by atoms with Crippen molar-refractivity contribution < 1.29 is 9.84 Å². The summed E-state index contributed by atoms with van der Waals surface area (Å²) in [7, 11) is 0. The normalized spacial score (nSPS) is 12.1. The Morgan fingerprint density at radius 3 is 2.81 bits per heavy atom. The molecule has 2 N–H and O–H groups in total. The van der Waals surface area contributed by atoms with Gasteiger partial charge in [0.15, 0.2) is 0 Å². The van der Waals surface area contributed by atoms with Gasteiger partial charge in [-0.2, -0.15) is 4.37 Å². The number of ether oxygens (including phenoxy) is 1. The van der Waals surface area contributed by atoms with E-state index in [2.05, 4.69) is 33.1 Å². The summed E-state index contributed by atoms with van der Waals surface area (Å²) in [5.41, 5.74) is 2.35. The SMILES string of the molecule is CCCCc1ccc(NCC(O)COc2cnsn2)cc1. The number of aromatic nitrogens is 2. The summed E-state index contributed by atoms with van der Waals surface area (Å²) in [5, 5.41) is 13.0. The van der Waals surface area contributed by atoms with Gasteiger partial charge in [0.1, 0.15) is 18.9 Å². The summed E-state index contributed by atoms with van der Waals surface area (Å²) >= 11 is 1.09. The first kappa shape index (κ1) is 15.7. The van der Waals surface area contributed by atoms with Gasteiger partial charge in [0.05, 0.1) is 11.7 Å². The maximum atomic E-state index is 9.85. The van der Waals surface area contributed by atoms with Gasteiger partial charge in [-0.05, 0) is 30.5 Å². The summed E-state index contributed by atoms with van der Waals surface area (Å²) in [6.45, 7) is 2.83. The number of aryl methyl sites for hydroxylation is 1. The minimum Gasteiger partial charge on any atom is -0.473 e. The van der Waals surface area contributed by atoms with E-state index in [4.69, 9.17) is 4.74 Å².